The van der Waals surface area contributed by atoms with Gasteiger partial charge in [-0.15, -0.1) is 0 Å². The maximum Gasteiger partial charge on any atom is 0.342 e. The molecule has 6 nitrogen and oxygen atoms in total. The van der Waals surface area contributed by atoms with E-state index in [1.165, 1.54) is 0 Å². The molecule has 2 heterocycles. The van der Waals surface area contributed by atoms with Gasteiger partial charge in [-0.25, -0.2) is 4.79 Å². The fraction of sp³-hybridized carbons (Fsp3) is 0.370. The number of esters is 2. The van der Waals surface area contributed by atoms with Gasteiger partial charge in [0.15, 0.2) is 0 Å². The molecule has 172 valence electrons. The van der Waals surface area contributed by atoms with Crippen LogP contribution in [-0.4, -0.2) is 28.9 Å². The summed E-state index contributed by atoms with van der Waals surface area (Å²) in [6.07, 6.45) is 6.82. The molecule has 0 spiro atoms. The van der Waals surface area contributed by atoms with Crippen LogP contribution in [0.4, 0.5) is 0 Å². The number of fused-ring (bicyclic) bond motifs is 2. The van der Waals surface area contributed by atoms with Gasteiger partial charge in [0.2, 0.25) is 0 Å². The van der Waals surface area contributed by atoms with Crippen LogP contribution >= 0.6 is 0 Å². The summed E-state index contributed by atoms with van der Waals surface area (Å²) >= 11 is 0. The summed E-state index contributed by atoms with van der Waals surface area (Å²) in [5.74, 6) is -1.21. The monoisotopic (exact) mass is 448 g/mol. The van der Waals surface area contributed by atoms with Crippen molar-refractivity contribution < 1.29 is 29.0 Å². The zero-order valence-electron chi connectivity index (χ0n) is 18.7. The quantitative estimate of drug-likeness (QED) is 0.469. The van der Waals surface area contributed by atoms with Crippen molar-refractivity contribution in [3.63, 3.8) is 0 Å². The first-order valence-electron chi connectivity index (χ1n) is 11.5. The molecule has 0 unspecified atom stereocenters. The maximum atomic E-state index is 13.2. The number of hydrogen-bond acceptors (Lipinski definition) is 6. The van der Waals surface area contributed by atoms with Crippen molar-refractivity contribution in [1.82, 2.24) is 0 Å². The Hall–Kier alpha value is -3.41. The molecule has 2 aromatic carbocycles. The second-order valence-corrected chi connectivity index (χ2v) is 8.68. The van der Waals surface area contributed by atoms with Gasteiger partial charge in [-0.05, 0) is 49.8 Å². The van der Waals surface area contributed by atoms with E-state index in [1.807, 2.05) is 36.4 Å². The number of carbonyl (C=O) groups excluding carboxylic acids is 3. The Bertz CT molecular complexity index is 1090. The van der Waals surface area contributed by atoms with Gasteiger partial charge in [0, 0.05) is 24.3 Å². The van der Waals surface area contributed by atoms with Crippen LogP contribution in [0.2, 0.25) is 0 Å². The smallest absolute Gasteiger partial charge is 0.342 e. The van der Waals surface area contributed by atoms with Crippen molar-refractivity contribution >= 4 is 23.8 Å². The highest BCUT2D eigenvalue weighted by atomic mass is 16.5. The van der Waals surface area contributed by atoms with E-state index in [-0.39, 0.29) is 29.3 Å². The molecule has 33 heavy (non-hydrogen) atoms. The third-order valence-electron chi connectivity index (χ3n) is 6.18. The van der Waals surface area contributed by atoms with E-state index in [9.17, 15) is 19.5 Å². The number of ketones is 1. The lowest BCUT2D eigenvalue weighted by Gasteiger charge is -2.27. The molecule has 2 aliphatic rings. The van der Waals surface area contributed by atoms with Gasteiger partial charge in [-0.2, -0.15) is 0 Å². The Kier molecular flexibility index (Phi) is 6.92. The van der Waals surface area contributed by atoms with E-state index in [4.69, 9.17) is 9.47 Å². The Labute approximate surface area is 193 Å². The van der Waals surface area contributed by atoms with Gasteiger partial charge in [0.25, 0.3) is 0 Å². The fourth-order valence-electron chi connectivity index (χ4n) is 4.49. The normalized spacial score (nSPS) is 22.9. The van der Waals surface area contributed by atoms with Crippen LogP contribution in [0.3, 0.4) is 0 Å². The molecule has 6 heteroatoms. The highest BCUT2D eigenvalue weighted by Crippen LogP contribution is 2.47. The van der Waals surface area contributed by atoms with E-state index in [0.717, 1.165) is 5.56 Å². The summed E-state index contributed by atoms with van der Waals surface area (Å²) in [5, 5.41) is 11.3. The largest absolute Gasteiger partial charge is 0.507 e. The fourth-order valence-corrected chi connectivity index (χ4v) is 4.49. The SMILES string of the molecule is C[C@@H]1CCCC(=O)CCC/C=C/c2cc3c(c(O)c2C(=O)O1)[C@H](c1ccccc1)CC(=O)O3. The van der Waals surface area contributed by atoms with Gasteiger partial charge in [0.1, 0.15) is 22.8 Å². The number of allylic oxidation sites excluding steroid dienone is 1. The third-order valence-corrected chi connectivity index (χ3v) is 6.18. The average Bonchev–Trinajstić information content (AvgIpc) is 2.78. The highest BCUT2D eigenvalue weighted by Gasteiger charge is 2.35. The number of aromatic hydroxyl groups is 1. The number of phenolic OH excluding ortho intramolecular Hbond substituents is 1. The first-order valence-corrected chi connectivity index (χ1v) is 11.5. The molecule has 0 saturated heterocycles. The summed E-state index contributed by atoms with van der Waals surface area (Å²) in [6.45, 7) is 1.79. The van der Waals surface area contributed by atoms with E-state index in [1.54, 1.807) is 19.1 Å². The zero-order valence-corrected chi connectivity index (χ0v) is 18.7. The molecule has 0 amide bonds. The molecule has 2 aliphatic heterocycles. The highest BCUT2D eigenvalue weighted by molar-refractivity contribution is 5.98. The number of Topliss-reactive ketones (excluding diaryl/α,β-unsaturated/α-hetero) is 1. The topological polar surface area (TPSA) is 89.9 Å². The third kappa shape index (κ3) is 5.16. The number of ether oxygens (including phenoxy) is 2. The van der Waals surface area contributed by atoms with Gasteiger partial charge >= 0.3 is 11.9 Å². The predicted molar refractivity (Wildman–Crippen MR) is 123 cm³/mol. The van der Waals surface area contributed by atoms with Gasteiger partial charge in [-0.3, -0.25) is 9.59 Å². The second-order valence-electron chi connectivity index (χ2n) is 8.68. The van der Waals surface area contributed by atoms with Crippen LogP contribution in [0.1, 0.15) is 84.8 Å². The lowest BCUT2D eigenvalue weighted by atomic mass is 9.83. The number of benzene rings is 2. The predicted octanol–water partition coefficient (Wildman–Crippen LogP) is 5.32. The molecule has 0 aromatic heterocycles. The molecule has 0 bridgehead atoms. The molecule has 1 N–H and O–H groups in total. The minimum absolute atomic E-state index is 0.0681. The lowest BCUT2D eigenvalue weighted by Crippen LogP contribution is -2.23. The molecular formula is C27H28O6. The second kappa shape index (κ2) is 10.0. The van der Waals surface area contributed by atoms with Crippen LogP contribution < -0.4 is 4.74 Å². The number of carbonyl (C=O) groups is 3. The summed E-state index contributed by atoms with van der Waals surface area (Å²) < 4.78 is 11.1. The molecule has 2 atom stereocenters. The Balaban J connectivity index is 1.80. The van der Waals surface area contributed by atoms with Crippen LogP contribution in [0.15, 0.2) is 42.5 Å². The van der Waals surface area contributed by atoms with Crippen molar-refractivity contribution in [3.8, 4) is 11.5 Å². The summed E-state index contributed by atoms with van der Waals surface area (Å²) in [5.41, 5.74) is 1.77. The first-order chi connectivity index (χ1) is 15.9. The molecule has 2 aromatic rings. The van der Waals surface area contributed by atoms with E-state index < -0.39 is 24.0 Å². The van der Waals surface area contributed by atoms with Crippen molar-refractivity contribution in [2.24, 2.45) is 0 Å². The minimum Gasteiger partial charge on any atom is -0.507 e. The summed E-state index contributed by atoms with van der Waals surface area (Å²) in [7, 11) is 0. The Morgan fingerprint density at radius 1 is 1.03 bits per heavy atom. The number of cyclic esters (lactones) is 1. The summed E-state index contributed by atoms with van der Waals surface area (Å²) in [4.78, 5) is 37.5. The standard InChI is InChI=1S/C27H28O6/c1-17-9-8-14-20(28)13-7-3-6-12-19-15-22-25(26(30)24(19)27(31)32-17)21(16-23(29)33-22)18-10-4-2-5-11-18/h2,4-6,10-12,15,17,21,30H,3,7-9,13-14,16H2,1H3/b12-6+/t17-,21+/m1/s1. The molecule has 0 aliphatic carbocycles. The molecule has 0 fully saturated rings. The van der Waals surface area contributed by atoms with Crippen LogP contribution in [0, 0.1) is 0 Å². The number of rotatable bonds is 1. The van der Waals surface area contributed by atoms with Crippen molar-refractivity contribution in [2.45, 2.75) is 63.9 Å². The van der Waals surface area contributed by atoms with Gasteiger partial charge in [-0.1, -0.05) is 42.5 Å². The molecule has 0 radical (unpaired) electrons. The average molecular weight is 449 g/mol. The molecule has 0 saturated carbocycles. The van der Waals surface area contributed by atoms with Crippen LogP contribution in [0.5, 0.6) is 11.5 Å². The van der Waals surface area contributed by atoms with Crippen molar-refractivity contribution in [3.05, 3.63) is 64.7 Å². The molecular weight excluding hydrogens is 420 g/mol. The Morgan fingerprint density at radius 2 is 1.79 bits per heavy atom. The van der Waals surface area contributed by atoms with Crippen LogP contribution in [-0.2, 0) is 14.3 Å². The number of hydrogen-bond donors (Lipinski definition) is 1. The van der Waals surface area contributed by atoms with Gasteiger partial charge < -0.3 is 14.6 Å². The first kappa shape index (κ1) is 22.8. The van der Waals surface area contributed by atoms with Crippen molar-refractivity contribution in [2.75, 3.05) is 0 Å². The Morgan fingerprint density at radius 3 is 2.58 bits per heavy atom. The minimum atomic E-state index is -0.630. The van der Waals surface area contributed by atoms with E-state index in [0.29, 0.717) is 49.7 Å². The number of phenols is 1. The maximum absolute atomic E-state index is 13.2. The molecule has 4 rings (SSSR count). The van der Waals surface area contributed by atoms with Crippen molar-refractivity contribution in [1.29, 1.82) is 0 Å². The van der Waals surface area contributed by atoms with Crippen LogP contribution in [0.25, 0.3) is 6.08 Å². The van der Waals surface area contributed by atoms with Gasteiger partial charge in [0.05, 0.1) is 12.5 Å². The zero-order chi connectivity index (χ0) is 23.4. The lowest BCUT2D eigenvalue weighted by molar-refractivity contribution is -0.135. The van der Waals surface area contributed by atoms with E-state index in [2.05, 4.69) is 0 Å². The summed E-state index contributed by atoms with van der Waals surface area (Å²) in [6, 6.07) is 11.0. The van der Waals surface area contributed by atoms with E-state index >= 15 is 0 Å².